The summed E-state index contributed by atoms with van der Waals surface area (Å²) >= 11 is 0. The number of nitrogens with one attached hydrogen (secondary N) is 2. The first-order valence-corrected chi connectivity index (χ1v) is 8.42. The molecule has 134 valence electrons. The van der Waals surface area contributed by atoms with Gasteiger partial charge in [-0.25, -0.2) is 4.79 Å². The van der Waals surface area contributed by atoms with Gasteiger partial charge in [-0.2, -0.15) is 0 Å². The molecule has 1 aromatic carbocycles. The summed E-state index contributed by atoms with van der Waals surface area (Å²) in [6, 6.07) is 9.82. The van der Waals surface area contributed by atoms with Crippen molar-refractivity contribution >= 4 is 23.5 Å². The predicted molar refractivity (Wildman–Crippen MR) is 96.8 cm³/mol. The molecule has 0 bridgehead atoms. The Morgan fingerprint density at radius 1 is 1.27 bits per heavy atom. The van der Waals surface area contributed by atoms with Crippen LogP contribution in [0.25, 0.3) is 0 Å². The average Bonchev–Trinajstić information content (AvgIpc) is 2.97. The van der Waals surface area contributed by atoms with Gasteiger partial charge in [-0.1, -0.05) is 6.92 Å². The molecule has 1 aliphatic heterocycles. The van der Waals surface area contributed by atoms with Crippen LogP contribution in [0, 0.1) is 6.92 Å². The van der Waals surface area contributed by atoms with Crippen LogP contribution in [-0.4, -0.2) is 29.4 Å². The van der Waals surface area contributed by atoms with Crippen molar-refractivity contribution in [2.24, 2.45) is 0 Å². The third kappa shape index (κ3) is 3.72. The lowest BCUT2D eigenvalue weighted by atomic mass is 10.1. The van der Waals surface area contributed by atoms with E-state index in [-0.39, 0.29) is 24.4 Å². The van der Waals surface area contributed by atoms with Gasteiger partial charge in [0.1, 0.15) is 6.54 Å². The number of carbonyl (C=O) groups is 3. The Morgan fingerprint density at radius 3 is 2.58 bits per heavy atom. The number of amides is 4. The lowest BCUT2D eigenvalue weighted by molar-refractivity contribution is -0.117. The van der Waals surface area contributed by atoms with E-state index in [1.54, 1.807) is 30.5 Å². The molecule has 0 radical (unpaired) electrons. The summed E-state index contributed by atoms with van der Waals surface area (Å²) in [7, 11) is 0. The van der Waals surface area contributed by atoms with Crippen LogP contribution in [-0.2, 0) is 4.79 Å². The van der Waals surface area contributed by atoms with E-state index in [0.717, 1.165) is 17.7 Å². The lowest BCUT2D eigenvalue weighted by Crippen LogP contribution is -2.29. The van der Waals surface area contributed by atoms with Gasteiger partial charge in [0.25, 0.3) is 5.91 Å². The Labute approximate surface area is 151 Å². The van der Waals surface area contributed by atoms with Crippen LogP contribution in [0.1, 0.15) is 41.0 Å². The van der Waals surface area contributed by atoms with E-state index in [1.807, 2.05) is 26.0 Å². The molecule has 7 heteroatoms. The van der Waals surface area contributed by atoms with Crippen molar-refractivity contribution in [2.45, 2.75) is 26.3 Å². The SMILES string of the molecule is CC[C@@H](NC(=O)c1ccc(N2CC(=O)NC2=O)cc1)c1cc(C)ccn1. The van der Waals surface area contributed by atoms with Gasteiger partial charge in [-0.05, 0) is 55.3 Å². The van der Waals surface area contributed by atoms with Crippen molar-refractivity contribution in [3.05, 3.63) is 59.4 Å². The highest BCUT2D eigenvalue weighted by Crippen LogP contribution is 2.19. The van der Waals surface area contributed by atoms with Crippen LogP contribution in [0.3, 0.4) is 0 Å². The number of aromatic nitrogens is 1. The van der Waals surface area contributed by atoms with Crippen LogP contribution >= 0.6 is 0 Å². The van der Waals surface area contributed by atoms with E-state index in [9.17, 15) is 14.4 Å². The summed E-state index contributed by atoms with van der Waals surface area (Å²) in [5.74, 6) is -0.554. The standard InChI is InChI=1S/C19H20N4O3/c1-3-15(16-10-12(2)8-9-20-16)21-18(25)13-4-6-14(7-5-13)23-11-17(24)22-19(23)26/h4-10,15H,3,11H2,1-2H3,(H,21,25)(H,22,24,26)/t15-/m1/s1. The van der Waals surface area contributed by atoms with Gasteiger partial charge >= 0.3 is 6.03 Å². The lowest BCUT2D eigenvalue weighted by Gasteiger charge is -2.18. The quantitative estimate of drug-likeness (QED) is 0.808. The zero-order chi connectivity index (χ0) is 18.7. The molecular weight excluding hydrogens is 332 g/mol. The van der Waals surface area contributed by atoms with E-state index in [0.29, 0.717) is 11.3 Å². The maximum atomic E-state index is 12.5. The molecule has 2 aromatic rings. The maximum Gasteiger partial charge on any atom is 0.329 e. The minimum absolute atomic E-state index is 0.0126. The second-order valence-electron chi connectivity index (χ2n) is 6.18. The normalized spacial score (nSPS) is 14.9. The fourth-order valence-corrected chi connectivity index (χ4v) is 2.82. The van der Waals surface area contributed by atoms with Crippen molar-refractivity contribution in [2.75, 3.05) is 11.4 Å². The number of aryl methyl sites for hydroxylation is 1. The molecular formula is C19H20N4O3. The van der Waals surface area contributed by atoms with E-state index >= 15 is 0 Å². The highest BCUT2D eigenvalue weighted by Gasteiger charge is 2.28. The van der Waals surface area contributed by atoms with Gasteiger partial charge in [0.05, 0.1) is 11.7 Å². The molecule has 26 heavy (non-hydrogen) atoms. The molecule has 1 fully saturated rings. The minimum atomic E-state index is -0.455. The summed E-state index contributed by atoms with van der Waals surface area (Å²) in [5.41, 5.74) is 2.96. The minimum Gasteiger partial charge on any atom is -0.344 e. The largest absolute Gasteiger partial charge is 0.344 e. The zero-order valence-electron chi connectivity index (χ0n) is 14.7. The molecule has 1 atom stereocenters. The Morgan fingerprint density at radius 2 is 2.00 bits per heavy atom. The first-order chi connectivity index (χ1) is 12.5. The highest BCUT2D eigenvalue weighted by molar-refractivity contribution is 6.12. The molecule has 1 aromatic heterocycles. The van der Waals surface area contributed by atoms with Crippen molar-refractivity contribution in [1.29, 1.82) is 0 Å². The molecule has 0 saturated carbocycles. The topological polar surface area (TPSA) is 91.4 Å². The van der Waals surface area contributed by atoms with Gasteiger partial charge in [0.15, 0.2) is 0 Å². The third-order valence-electron chi connectivity index (χ3n) is 4.24. The second kappa shape index (κ2) is 7.35. The van der Waals surface area contributed by atoms with Crippen molar-refractivity contribution in [3.8, 4) is 0 Å². The maximum absolute atomic E-state index is 12.5. The number of hydrogen-bond acceptors (Lipinski definition) is 4. The second-order valence-corrected chi connectivity index (χ2v) is 6.18. The molecule has 1 saturated heterocycles. The van der Waals surface area contributed by atoms with Crippen LogP contribution < -0.4 is 15.5 Å². The van der Waals surface area contributed by atoms with Gasteiger partial charge < -0.3 is 5.32 Å². The first kappa shape index (κ1) is 17.6. The predicted octanol–water partition coefficient (Wildman–Crippen LogP) is 2.33. The summed E-state index contributed by atoms with van der Waals surface area (Å²) in [5, 5.41) is 5.20. The van der Waals surface area contributed by atoms with Crippen molar-refractivity contribution < 1.29 is 14.4 Å². The molecule has 0 unspecified atom stereocenters. The Hall–Kier alpha value is -3.22. The van der Waals surface area contributed by atoms with Gasteiger partial charge in [-0.3, -0.25) is 24.8 Å². The summed E-state index contributed by atoms with van der Waals surface area (Å²) in [4.78, 5) is 41.2. The van der Waals surface area contributed by atoms with Gasteiger partial charge in [0, 0.05) is 17.4 Å². The molecule has 4 amide bonds. The van der Waals surface area contributed by atoms with E-state index < -0.39 is 6.03 Å². The average molecular weight is 352 g/mol. The molecule has 1 aliphatic rings. The third-order valence-corrected chi connectivity index (χ3v) is 4.24. The van der Waals surface area contributed by atoms with Crippen LogP contribution in [0.15, 0.2) is 42.6 Å². The summed E-state index contributed by atoms with van der Waals surface area (Å²) < 4.78 is 0. The Kier molecular flexibility index (Phi) is 4.97. The van der Waals surface area contributed by atoms with E-state index in [2.05, 4.69) is 15.6 Å². The van der Waals surface area contributed by atoms with Crippen LogP contribution in [0.5, 0.6) is 0 Å². The van der Waals surface area contributed by atoms with E-state index in [1.165, 1.54) is 4.90 Å². The number of rotatable bonds is 5. The molecule has 2 heterocycles. The molecule has 0 spiro atoms. The number of urea groups is 1. The zero-order valence-corrected chi connectivity index (χ0v) is 14.7. The van der Waals surface area contributed by atoms with Gasteiger partial charge in [-0.15, -0.1) is 0 Å². The number of nitrogens with zero attached hydrogens (tertiary/aromatic N) is 2. The smallest absolute Gasteiger partial charge is 0.329 e. The first-order valence-electron chi connectivity index (χ1n) is 8.42. The number of carbonyl (C=O) groups excluding carboxylic acids is 3. The Balaban J connectivity index is 1.71. The van der Waals surface area contributed by atoms with Crippen molar-refractivity contribution in [3.63, 3.8) is 0 Å². The number of hydrogen-bond donors (Lipinski definition) is 2. The fraction of sp³-hybridized carbons (Fsp3) is 0.263. The monoisotopic (exact) mass is 352 g/mol. The summed E-state index contributed by atoms with van der Waals surface area (Å²) in [6.07, 6.45) is 2.45. The number of imide groups is 1. The van der Waals surface area contributed by atoms with Crippen molar-refractivity contribution in [1.82, 2.24) is 15.6 Å². The summed E-state index contributed by atoms with van der Waals surface area (Å²) in [6.45, 7) is 3.96. The van der Waals surface area contributed by atoms with Crippen LogP contribution in [0.4, 0.5) is 10.5 Å². The van der Waals surface area contributed by atoms with E-state index in [4.69, 9.17) is 0 Å². The number of benzene rings is 1. The highest BCUT2D eigenvalue weighted by atomic mass is 16.2. The number of pyridine rings is 1. The molecule has 0 aliphatic carbocycles. The fourth-order valence-electron chi connectivity index (χ4n) is 2.82. The molecule has 3 rings (SSSR count). The van der Waals surface area contributed by atoms with Gasteiger partial charge in [0.2, 0.25) is 5.91 Å². The Bertz CT molecular complexity index is 848. The molecule has 7 nitrogen and oxygen atoms in total. The van der Waals surface area contributed by atoms with Crippen LogP contribution in [0.2, 0.25) is 0 Å². The number of anilines is 1. The molecule has 2 N–H and O–H groups in total.